The third-order valence-corrected chi connectivity index (χ3v) is 3.91. The zero-order chi connectivity index (χ0) is 12.3. The van der Waals surface area contributed by atoms with Gasteiger partial charge in [-0.05, 0) is 29.8 Å². The van der Waals surface area contributed by atoms with Crippen molar-refractivity contribution in [3.05, 3.63) is 52.1 Å². The summed E-state index contributed by atoms with van der Waals surface area (Å²) < 4.78 is 0. The molecule has 1 aromatic carbocycles. The van der Waals surface area contributed by atoms with Gasteiger partial charge in [0.1, 0.15) is 5.03 Å². The molecule has 0 saturated carbocycles. The Kier molecular flexibility index (Phi) is 4.29. The largest absolute Gasteiger partial charge is 0.326 e. The predicted molar refractivity (Wildman–Crippen MR) is 72.7 cm³/mol. The van der Waals surface area contributed by atoms with Crippen LogP contribution in [0.4, 0.5) is 0 Å². The van der Waals surface area contributed by atoms with Crippen LogP contribution < -0.4 is 5.73 Å². The molecule has 0 amide bonds. The normalized spacial score (nSPS) is 10.5. The summed E-state index contributed by atoms with van der Waals surface area (Å²) in [5, 5.41) is 2.08. The number of nitrogens with two attached hydrogens (primary N) is 1. The summed E-state index contributed by atoms with van der Waals surface area (Å²) in [4.78, 5) is 5.16. The number of hydrogen-bond acceptors (Lipinski definition) is 3. The topological polar surface area (TPSA) is 38.9 Å². The first-order valence-corrected chi connectivity index (χ1v) is 6.55. The van der Waals surface area contributed by atoms with Gasteiger partial charge in [-0.1, -0.05) is 41.0 Å². The zero-order valence-electron chi connectivity index (χ0n) is 8.86. The molecule has 5 heteroatoms. The fourth-order valence-electron chi connectivity index (χ4n) is 1.39. The molecule has 88 valence electrons. The summed E-state index contributed by atoms with van der Waals surface area (Å²) in [6.45, 7) is 0.398. The number of hydrogen-bond donors (Lipinski definition) is 1. The summed E-state index contributed by atoms with van der Waals surface area (Å²) in [7, 11) is 0. The summed E-state index contributed by atoms with van der Waals surface area (Å²) in [5.41, 5.74) is 6.62. The van der Waals surface area contributed by atoms with Gasteiger partial charge in [0, 0.05) is 22.7 Å². The SMILES string of the molecule is NCc1cc(Cl)cc(Cl)c1Sc1ccccn1. The molecule has 0 fully saturated rings. The summed E-state index contributed by atoms with van der Waals surface area (Å²) >= 11 is 13.6. The van der Waals surface area contributed by atoms with E-state index in [1.807, 2.05) is 24.3 Å². The van der Waals surface area contributed by atoms with Gasteiger partial charge in [0.15, 0.2) is 0 Å². The van der Waals surface area contributed by atoms with Gasteiger partial charge in [0.2, 0.25) is 0 Å². The van der Waals surface area contributed by atoms with Crippen molar-refractivity contribution < 1.29 is 0 Å². The van der Waals surface area contributed by atoms with E-state index in [1.165, 1.54) is 11.8 Å². The fourth-order valence-corrected chi connectivity index (χ4v) is 2.94. The first kappa shape index (κ1) is 12.7. The molecule has 1 heterocycles. The lowest BCUT2D eigenvalue weighted by Gasteiger charge is -2.09. The Morgan fingerprint density at radius 2 is 2.06 bits per heavy atom. The molecule has 0 aliphatic rings. The zero-order valence-corrected chi connectivity index (χ0v) is 11.2. The molecular formula is C12H10Cl2N2S. The number of nitrogens with zero attached hydrogens (tertiary/aromatic N) is 1. The molecule has 0 spiro atoms. The van der Waals surface area contributed by atoms with Crippen LogP contribution in [0.25, 0.3) is 0 Å². The average Bonchev–Trinajstić information content (AvgIpc) is 2.33. The van der Waals surface area contributed by atoms with Crippen molar-refractivity contribution in [2.75, 3.05) is 0 Å². The van der Waals surface area contributed by atoms with Crippen molar-refractivity contribution in [3.63, 3.8) is 0 Å². The van der Waals surface area contributed by atoms with E-state index in [9.17, 15) is 0 Å². The van der Waals surface area contributed by atoms with E-state index in [1.54, 1.807) is 12.3 Å². The van der Waals surface area contributed by atoms with Crippen LogP contribution >= 0.6 is 35.0 Å². The van der Waals surface area contributed by atoms with Gasteiger partial charge in [0.05, 0.1) is 5.02 Å². The number of benzene rings is 1. The van der Waals surface area contributed by atoms with E-state index in [-0.39, 0.29) is 0 Å². The van der Waals surface area contributed by atoms with Gasteiger partial charge in [-0.3, -0.25) is 0 Å². The second-order valence-electron chi connectivity index (χ2n) is 3.35. The van der Waals surface area contributed by atoms with Crippen LogP contribution in [0.1, 0.15) is 5.56 Å². The first-order chi connectivity index (χ1) is 8.20. The van der Waals surface area contributed by atoms with Crippen molar-refractivity contribution >= 4 is 35.0 Å². The van der Waals surface area contributed by atoms with Crippen LogP contribution in [0.5, 0.6) is 0 Å². The van der Waals surface area contributed by atoms with Crippen molar-refractivity contribution in [1.82, 2.24) is 4.98 Å². The van der Waals surface area contributed by atoms with E-state index >= 15 is 0 Å². The number of halogens is 2. The highest BCUT2D eigenvalue weighted by Gasteiger charge is 2.10. The Morgan fingerprint density at radius 1 is 1.24 bits per heavy atom. The quantitative estimate of drug-likeness (QED) is 0.926. The second kappa shape index (κ2) is 5.74. The minimum absolute atomic E-state index is 0.398. The Bertz CT molecular complexity index is 517. The molecule has 2 aromatic rings. The number of rotatable bonds is 3. The van der Waals surface area contributed by atoms with Crippen molar-refractivity contribution in [2.24, 2.45) is 5.73 Å². The maximum Gasteiger partial charge on any atom is 0.101 e. The van der Waals surface area contributed by atoms with E-state index in [4.69, 9.17) is 28.9 Å². The average molecular weight is 285 g/mol. The summed E-state index contributed by atoms with van der Waals surface area (Å²) in [5.74, 6) is 0. The third-order valence-electron chi connectivity index (χ3n) is 2.15. The molecule has 1 aromatic heterocycles. The lowest BCUT2D eigenvalue weighted by atomic mass is 10.2. The molecule has 0 aliphatic carbocycles. The first-order valence-electron chi connectivity index (χ1n) is 4.97. The molecule has 2 nitrogen and oxygen atoms in total. The highest BCUT2D eigenvalue weighted by Crippen LogP contribution is 2.36. The molecule has 0 aliphatic heterocycles. The van der Waals surface area contributed by atoms with E-state index in [0.29, 0.717) is 16.6 Å². The lowest BCUT2D eigenvalue weighted by Crippen LogP contribution is -1.99. The monoisotopic (exact) mass is 284 g/mol. The Hall–Kier alpha value is -0.740. The Labute approximate surface area is 114 Å². The molecule has 2 rings (SSSR count). The van der Waals surface area contributed by atoms with E-state index in [2.05, 4.69) is 4.98 Å². The van der Waals surface area contributed by atoms with Crippen LogP contribution in [-0.2, 0) is 6.54 Å². The molecule has 0 atom stereocenters. The Morgan fingerprint density at radius 3 is 2.71 bits per heavy atom. The van der Waals surface area contributed by atoms with Crippen molar-refractivity contribution in [1.29, 1.82) is 0 Å². The van der Waals surface area contributed by atoms with Crippen LogP contribution in [0, 0.1) is 0 Å². The van der Waals surface area contributed by atoms with E-state index < -0.39 is 0 Å². The van der Waals surface area contributed by atoms with Gasteiger partial charge in [-0.15, -0.1) is 0 Å². The van der Waals surface area contributed by atoms with E-state index in [0.717, 1.165) is 15.5 Å². The number of pyridine rings is 1. The minimum atomic E-state index is 0.398. The third kappa shape index (κ3) is 3.13. The molecule has 0 bridgehead atoms. The molecular weight excluding hydrogens is 275 g/mol. The molecule has 0 saturated heterocycles. The summed E-state index contributed by atoms with van der Waals surface area (Å²) in [6, 6.07) is 9.28. The standard InChI is InChI=1S/C12H10Cl2N2S/c13-9-5-8(7-15)12(10(14)6-9)17-11-3-1-2-4-16-11/h1-6H,7,15H2. The Balaban J connectivity index is 2.38. The second-order valence-corrected chi connectivity index (χ2v) is 5.22. The summed E-state index contributed by atoms with van der Waals surface area (Å²) in [6.07, 6.45) is 1.74. The lowest BCUT2D eigenvalue weighted by molar-refractivity contribution is 1.02. The van der Waals surface area contributed by atoms with Gasteiger partial charge in [-0.25, -0.2) is 4.98 Å². The van der Waals surface area contributed by atoms with Gasteiger partial charge in [-0.2, -0.15) is 0 Å². The molecule has 0 unspecified atom stereocenters. The maximum atomic E-state index is 6.17. The van der Waals surface area contributed by atoms with Crippen LogP contribution in [0.15, 0.2) is 46.5 Å². The van der Waals surface area contributed by atoms with Crippen molar-refractivity contribution in [2.45, 2.75) is 16.5 Å². The fraction of sp³-hybridized carbons (Fsp3) is 0.0833. The van der Waals surface area contributed by atoms with Crippen LogP contribution in [0.3, 0.4) is 0 Å². The van der Waals surface area contributed by atoms with Gasteiger partial charge >= 0.3 is 0 Å². The number of aromatic nitrogens is 1. The highest BCUT2D eigenvalue weighted by molar-refractivity contribution is 7.99. The highest BCUT2D eigenvalue weighted by atomic mass is 35.5. The van der Waals surface area contributed by atoms with Gasteiger partial charge in [0.25, 0.3) is 0 Å². The van der Waals surface area contributed by atoms with Gasteiger partial charge < -0.3 is 5.73 Å². The smallest absolute Gasteiger partial charge is 0.101 e. The molecule has 2 N–H and O–H groups in total. The van der Waals surface area contributed by atoms with Crippen LogP contribution in [-0.4, -0.2) is 4.98 Å². The predicted octanol–water partition coefficient (Wildman–Crippen LogP) is 4.00. The molecule has 0 radical (unpaired) electrons. The van der Waals surface area contributed by atoms with Crippen LogP contribution in [0.2, 0.25) is 10.0 Å². The molecule has 17 heavy (non-hydrogen) atoms. The maximum absolute atomic E-state index is 6.17. The minimum Gasteiger partial charge on any atom is -0.326 e. The van der Waals surface area contributed by atoms with Crippen molar-refractivity contribution in [3.8, 4) is 0 Å².